The highest BCUT2D eigenvalue weighted by molar-refractivity contribution is 5.14. The number of nitriles is 1. The number of likely N-dealkylation sites (N-methyl/N-ethyl adjacent to an activating group) is 1. The Bertz CT molecular complexity index is 392. The van der Waals surface area contributed by atoms with Gasteiger partial charge in [0.25, 0.3) is 0 Å². The van der Waals surface area contributed by atoms with Gasteiger partial charge in [0, 0.05) is 12.6 Å². The van der Waals surface area contributed by atoms with Crippen molar-refractivity contribution in [1.82, 2.24) is 4.90 Å². The molecular weight excluding hydrogens is 222 g/mol. The zero-order valence-electron chi connectivity index (χ0n) is 11.6. The van der Waals surface area contributed by atoms with Crippen LogP contribution in [0.2, 0.25) is 0 Å². The molecule has 0 heterocycles. The Balaban J connectivity index is 2.41. The van der Waals surface area contributed by atoms with Crippen LogP contribution in [0.1, 0.15) is 25.8 Å². The molecule has 0 spiro atoms. The van der Waals surface area contributed by atoms with E-state index in [2.05, 4.69) is 49.2 Å². The van der Waals surface area contributed by atoms with Crippen LogP contribution in [0.25, 0.3) is 0 Å². The van der Waals surface area contributed by atoms with Gasteiger partial charge < -0.3 is 10.6 Å². The van der Waals surface area contributed by atoms with E-state index in [0.717, 1.165) is 13.0 Å². The Morgan fingerprint density at radius 3 is 2.56 bits per heavy atom. The molecule has 2 unspecified atom stereocenters. The number of nitrogens with zero attached hydrogens (tertiary/aromatic N) is 2. The molecule has 3 heteroatoms. The van der Waals surface area contributed by atoms with Gasteiger partial charge in [-0.3, -0.25) is 0 Å². The Morgan fingerprint density at radius 2 is 2.00 bits per heavy atom. The van der Waals surface area contributed by atoms with Crippen LogP contribution in [0.3, 0.4) is 0 Å². The van der Waals surface area contributed by atoms with Gasteiger partial charge in [0.2, 0.25) is 0 Å². The average molecular weight is 245 g/mol. The fourth-order valence-electron chi connectivity index (χ4n) is 1.99. The maximum absolute atomic E-state index is 8.94. The van der Waals surface area contributed by atoms with Crippen LogP contribution in [0.15, 0.2) is 30.3 Å². The Morgan fingerprint density at radius 1 is 1.39 bits per heavy atom. The average Bonchev–Trinajstić information content (AvgIpc) is 2.36. The van der Waals surface area contributed by atoms with Crippen LogP contribution in [-0.2, 0) is 6.42 Å². The molecule has 3 nitrogen and oxygen atoms in total. The molecule has 18 heavy (non-hydrogen) atoms. The van der Waals surface area contributed by atoms with Crippen LogP contribution < -0.4 is 5.73 Å². The quantitative estimate of drug-likeness (QED) is 0.835. The topological polar surface area (TPSA) is 53.1 Å². The fourth-order valence-corrected chi connectivity index (χ4v) is 1.99. The third-order valence-corrected chi connectivity index (χ3v) is 3.32. The summed E-state index contributed by atoms with van der Waals surface area (Å²) in [7, 11) is 2.08. The summed E-state index contributed by atoms with van der Waals surface area (Å²) in [6, 6.07) is 12.9. The lowest BCUT2D eigenvalue weighted by atomic mass is 9.96. The van der Waals surface area contributed by atoms with Crippen LogP contribution in [-0.4, -0.2) is 30.1 Å². The second kappa shape index (κ2) is 6.53. The predicted molar refractivity (Wildman–Crippen MR) is 75.1 cm³/mol. The van der Waals surface area contributed by atoms with Gasteiger partial charge in [-0.25, -0.2) is 0 Å². The third kappa shape index (κ3) is 4.87. The molecule has 0 aliphatic heterocycles. The van der Waals surface area contributed by atoms with Crippen molar-refractivity contribution in [1.29, 1.82) is 5.26 Å². The van der Waals surface area contributed by atoms with Gasteiger partial charge in [0.1, 0.15) is 5.54 Å². The van der Waals surface area contributed by atoms with E-state index in [1.807, 2.05) is 6.07 Å². The number of hydrogen-bond donors (Lipinski definition) is 1. The molecule has 0 amide bonds. The molecule has 0 saturated carbocycles. The first-order chi connectivity index (χ1) is 8.44. The van der Waals surface area contributed by atoms with Gasteiger partial charge in [0.15, 0.2) is 0 Å². The summed E-state index contributed by atoms with van der Waals surface area (Å²) in [5.74, 6) is 0. The zero-order valence-corrected chi connectivity index (χ0v) is 11.6. The first-order valence-electron chi connectivity index (χ1n) is 6.39. The molecule has 0 saturated heterocycles. The van der Waals surface area contributed by atoms with Crippen molar-refractivity contribution in [3.63, 3.8) is 0 Å². The molecule has 98 valence electrons. The predicted octanol–water partition coefficient (Wildman–Crippen LogP) is 2.18. The molecule has 0 fully saturated rings. The van der Waals surface area contributed by atoms with Crippen molar-refractivity contribution in [3.8, 4) is 6.07 Å². The smallest absolute Gasteiger partial charge is 0.102 e. The summed E-state index contributed by atoms with van der Waals surface area (Å²) in [4.78, 5) is 2.26. The minimum absolute atomic E-state index is 0.309. The minimum Gasteiger partial charge on any atom is -0.314 e. The molecule has 0 aliphatic rings. The Hall–Kier alpha value is -1.37. The normalized spacial score (nSPS) is 16.0. The van der Waals surface area contributed by atoms with Crippen LogP contribution in [0.4, 0.5) is 0 Å². The number of hydrogen-bond acceptors (Lipinski definition) is 3. The minimum atomic E-state index is -0.736. The molecule has 1 aromatic rings. The lowest BCUT2D eigenvalue weighted by Gasteiger charge is -2.29. The summed E-state index contributed by atoms with van der Waals surface area (Å²) in [5.41, 5.74) is 6.48. The Kier molecular flexibility index (Phi) is 5.33. The molecule has 2 N–H and O–H groups in total. The highest BCUT2D eigenvalue weighted by Crippen LogP contribution is 2.12. The van der Waals surface area contributed by atoms with Crippen LogP contribution in [0, 0.1) is 11.3 Å². The van der Waals surface area contributed by atoms with Gasteiger partial charge >= 0.3 is 0 Å². The first kappa shape index (κ1) is 14.7. The molecule has 1 aromatic carbocycles. The molecule has 2 atom stereocenters. The monoisotopic (exact) mass is 245 g/mol. The zero-order chi connectivity index (χ0) is 13.6. The number of nitrogens with two attached hydrogens (primary N) is 1. The van der Waals surface area contributed by atoms with E-state index in [4.69, 9.17) is 11.0 Å². The maximum atomic E-state index is 8.94. The van der Waals surface area contributed by atoms with Gasteiger partial charge in [-0.05, 0) is 39.3 Å². The van der Waals surface area contributed by atoms with Crippen LogP contribution in [0.5, 0.6) is 0 Å². The summed E-state index contributed by atoms with van der Waals surface area (Å²) < 4.78 is 0. The van der Waals surface area contributed by atoms with E-state index in [0.29, 0.717) is 12.5 Å². The SMILES string of the molecule is CC(CC(C)(N)C#N)N(C)CCc1ccccc1. The number of rotatable bonds is 6. The maximum Gasteiger partial charge on any atom is 0.102 e. The van der Waals surface area contributed by atoms with E-state index in [9.17, 15) is 0 Å². The summed E-state index contributed by atoms with van der Waals surface area (Å²) >= 11 is 0. The lowest BCUT2D eigenvalue weighted by molar-refractivity contribution is 0.228. The van der Waals surface area contributed by atoms with Gasteiger partial charge in [-0.2, -0.15) is 5.26 Å². The summed E-state index contributed by atoms with van der Waals surface area (Å²) in [6.07, 6.45) is 1.71. The van der Waals surface area contributed by atoms with E-state index in [-0.39, 0.29) is 0 Å². The first-order valence-corrected chi connectivity index (χ1v) is 6.39. The van der Waals surface area contributed by atoms with Crippen molar-refractivity contribution < 1.29 is 0 Å². The standard InChI is InChI=1S/C15H23N3/c1-13(11-15(2,17)12-16)18(3)10-9-14-7-5-4-6-8-14/h4-8,13H,9-11,17H2,1-3H3. The second-order valence-electron chi connectivity index (χ2n) is 5.30. The van der Waals surface area contributed by atoms with Crippen molar-refractivity contribution in [3.05, 3.63) is 35.9 Å². The largest absolute Gasteiger partial charge is 0.314 e. The van der Waals surface area contributed by atoms with Gasteiger partial charge in [-0.15, -0.1) is 0 Å². The molecule has 0 bridgehead atoms. The van der Waals surface area contributed by atoms with Gasteiger partial charge in [0.05, 0.1) is 6.07 Å². The van der Waals surface area contributed by atoms with Crippen molar-refractivity contribution >= 4 is 0 Å². The van der Waals surface area contributed by atoms with Crippen molar-refractivity contribution in [2.45, 2.75) is 38.3 Å². The molecule has 0 aromatic heterocycles. The number of benzene rings is 1. The van der Waals surface area contributed by atoms with Gasteiger partial charge in [-0.1, -0.05) is 30.3 Å². The molecular formula is C15H23N3. The molecule has 1 rings (SSSR count). The highest BCUT2D eigenvalue weighted by atomic mass is 15.1. The summed E-state index contributed by atoms with van der Waals surface area (Å²) in [5, 5.41) is 8.94. The van der Waals surface area contributed by atoms with E-state index in [1.54, 1.807) is 6.92 Å². The Labute approximate surface area is 110 Å². The lowest BCUT2D eigenvalue weighted by Crippen LogP contribution is -2.43. The van der Waals surface area contributed by atoms with Crippen LogP contribution >= 0.6 is 0 Å². The molecule has 0 radical (unpaired) electrons. The summed E-state index contributed by atoms with van der Waals surface area (Å²) in [6.45, 7) is 4.88. The fraction of sp³-hybridized carbons (Fsp3) is 0.533. The van der Waals surface area contributed by atoms with E-state index < -0.39 is 5.54 Å². The van der Waals surface area contributed by atoms with Crippen molar-refractivity contribution in [2.24, 2.45) is 5.73 Å². The third-order valence-electron chi connectivity index (χ3n) is 3.32. The van der Waals surface area contributed by atoms with E-state index >= 15 is 0 Å². The van der Waals surface area contributed by atoms with E-state index in [1.165, 1.54) is 5.56 Å². The highest BCUT2D eigenvalue weighted by Gasteiger charge is 2.22. The van der Waals surface area contributed by atoms with Crippen molar-refractivity contribution in [2.75, 3.05) is 13.6 Å². The molecule has 0 aliphatic carbocycles. The second-order valence-corrected chi connectivity index (χ2v) is 5.30.